The molecule has 136 valence electrons. The lowest BCUT2D eigenvalue weighted by atomic mass is 9.90. The summed E-state index contributed by atoms with van der Waals surface area (Å²) in [6.07, 6.45) is 12.3. The molecule has 0 bridgehead atoms. The summed E-state index contributed by atoms with van der Waals surface area (Å²) in [5.74, 6) is 1.01. The highest BCUT2D eigenvalue weighted by atomic mass is 28.3. The molecule has 1 aromatic carbocycles. The lowest BCUT2D eigenvalue weighted by molar-refractivity contribution is 0.420. The van der Waals surface area contributed by atoms with Gasteiger partial charge in [-0.25, -0.2) is 0 Å². The molecule has 2 N–H and O–H groups in total. The van der Waals surface area contributed by atoms with Gasteiger partial charge >= 0.3 is 0 Å². The van der Waals surface area contributed by atoms with Gasteiger partial charge in [-0.1, -0.05) is 82.6 Å². The largest absolute Gasteiger partial charge is 0.508 e. The Bertz CT molecular complexity index is 494. The first kappa shape index (κ1) is 19.4. The van der Waals surface area contributed by atoms with Crippen LogP contribution >= 0.6 is 0 Å². The average Bonchev–Trinajstić information content (AvgIpc) is 2.80. The number of aromatic hydroxyl groups is 2. The molecular formula is C21H36O2Si. The van der Waals surface area contributed by atoms with E-state index >= 15 is 0 Å². The van der Waals surface area contributed by atoms with E-state index in [2.05, 4.69) is 20.0 Å². The van der Waals surface area contributed by atoms with Gasteiger partial charge < -0.3 is 10.2 Å². The van der Waals surface area contributed by atoms with Crippen molar-refractivity contribution >= 4 is 13.3 Å². The Morgan fingerprint density at radius 3 is 2.04 bits per heavy atom. The van der Waals surface area contributed by atoms with Crippen LogP contribution in [0.2, 0.25) is 19.1 Å². The summed E-state index contributed by atoms with van der Waals surface area (Å²) in [5.41, 5.74) is 0.816. The molecule has 0 radical (unpaired) electrons. The third-order valence-corrected chi connectivity index (χ3v) is 9.29. The molecule has 0 atom stereocenters. The number of hydrogen-bond donors (Lipinski definition) is 2. The molecule has 2 nitrogen and oxygen atoms in total. The Kier molecular flexibility index (Phi) is 7.21. The van der Waals surface area contributed by atoms with Gasteiger partial charge in [0.05, 0.1) is 8.07 Å². The average molecular weight is 349 g/mol. The molecule has 1 saturated carbocycles. The van der Waals surface area contributed by atoms with Crippen LogP contribution in [0.3, 0.4) is 0 Å². The van der Waals surface area contributed by atoms with Crippen molar-refractivity contribution in [2.45, 2.75) is 96.2 Å². The molecule has 0 unspecified atom stereocenters. The maximum atomic E-state index is 10.7. The van der Waals surface area contributed by atoms with E-state index in [-0.39, 0.29) is 0 Å². The minimum absolute atomic E-state index is 0.330. The van der Waals surface area contributed by atoms with Crippen molar-refractivity contribution < 1.29 is 10.2 Å². The van der Waals surface area contributed by atoms with Gasteiger partial charge in [0.25, 0.3) is 0 Å². The van der Waals surface area contributed by atoms with Crippen molar-refractivity contribution in [2.75, 3.05) is 0 Å². The molecule has 0 heterocycles. The fraction of sp³-hybridized carbons (Fsp3) is 0.714. The lowest BCUT2D eigenvalue weighted by Crippen LogP contribution is -2.41. The highest BCUT2D eigenvalue weighted by molar-refractivity contribution is 6.89. The highest BCUT2D eigenvalue weighted by Gasteiger charge is 2.27. The number of benzene rings is 1. The lowest BCUT2D eigenvalue weighted by Gasteiger charge is -2.26. The van der Waals surface area contributed by atoms with E-state index in [1.807, 2.05) is 12.1 Å². The standard InChI is InChI=1S/C21H36O2Si/c1-4-5-6-11-14-24(2,3)18-15-19(22)21(20(23)16-18)17-12-9-7-8-10-13-17/h15-17,22-23H,4-14H2,1-3H3. The van der Waals surface area contributed by atoms with E-state index in [1.54, 1.807) is 0 Å². The van der Waals surface area contributed by atoms with E-state index < -0.39 is 8.07 Å². The van der Waals surface area contributed by atoms with Gasteiger partial charge in [-0.05, 0) is 30.9 Å². The first-order chi connectivity index (χ1) is 11.5. The van der Waals surface area contributed by atoms with Gasteiger partial charge in [0, 0.05) is 5.56 Å². The van der Waals surface area contributed by atoms with Crippen LogP contribution in [0.15, 0.2) is 12.1 Å². The maximum Gasteiger partial charge on any atom is 0.122 e. The number of rotatable bonds is 7. The molecule has 24 heavy (non-hydrogen) atoms. The van der Waals surface area contributed by atoms with Crippen molar-refractivity contribution in [1.29, 1.82) is 0 Å². The number of unbranched alkanes of at least 4 members (excludes halogenated alkanes) is 3. The van der Waals surface area contributed by atoms with Crippen molar-refractivity contribution in [3.05, 3.63) is 17.7 Å². The van der Waals surface area contributed by atoms with E-state index in [9.17, 15) is 10.2 Å². The normalized spacial score (nSPS) is 17.0. The molecule has 2 rings (SSSR count). The summed E-state index contributed by atoms with van der Waals surface area (Å²) in [6, 6.07) is 5.19. The van der Waals surface area contributed by atoms with Crippen LogP contribution in [-0.2, 0) is 0 Å². The molecule has 0 spiro atoms. The van der Waals surface area contributed by atoms with Crippen LogP contribution in [-0.4, -0.2) is 18.3 Å². The van der Waals surface area contributed by atoms with Crippen LogP contribution in [0.1, 0.15) is 82.6 Å². The maximum absolute atomic E-state index is 10.7. The molecule has 1 aliphatic rings. The summed E-state index contributed by atoms with van der Waals surface area (Å²) >= 11 is 0. The monoisotopic (exact) mass is 348 g/mol. The van der Waals surface area contributed by atoms with Gasteiger partial charge in [0.1, 0.15) is 11.5 Å². The zero-order valence-electron chi connectivity index (χ0n) is 15.9. The fourth-order valence-corrected chi connectivity index (χ4v) is 6.62. The molecule has 0 aromatic heterocycles. The third kappa shape index (κ3) is 5.02. The molecule has 1 aliphatic carbocycles. The second-order valence-electron chi connectivity index (χ2n) is 8.31. The minimum atomic E-state index is -1.59. The first-order valence-corrected chi connectivity index (χ1v) is 13.2. The Hall–Kier alpha value is -0.963. The van der Waals surface area contributed by atoms with Crippen molar-refractivity contribution in [3.8, 4) is 11.5 Å². The van der Waals surface area contributed by atoms with Gasteiger partial charge in [-0.3, -0.25) is 0 Å². The van der Waals surface area contributed by atoms with Crippen LogP contribution in [0.5, 0.6) is 11.5 Å². The molecule has 1 fully saturated rings. The number of hydrogen-bond acceptors (Lipinski definition) is 2. The van der Waals surface area contributed by atoms with Gasteiger partial charge in [0.15, 0.2) is 0 Å². The smallest absolute Gasteiger partial charge is 0.122 e. The van der Waals surface area contributed by atoms with E-state index in [0.29, 0.717) is 17.4 Å². The van der Waals surface area contributed by atoms with Crippen LogP contribution in [0.25, 0.3) is 0 Å². The summed E-state index contributed by atoms with van der Waals surface area (Å²) < 4.78 is 0. The summed E-state index contributed by atoms with van der Waals surface area (Å²) in [5, 5.41) is 22.5. The Balaban J connectivity index is 2.15. The molecule has 0 saturated heterocycles. The Morgan fingerprint density at radius 2 is 1.50 bits per heavy atom. The third-order valence-electron chi connectivity index (χ3n) is 5.84. The van der Waals surface area contributed by atoms with Crippen LogP contribution < -0.4 is 5.19 Å². The first-order valence-electron chi connectivity index (χ1n) is 10.0. The second-order valence-corrected chi connectivity index (χ2v) is 13.2. The predicted octanol–water partition coefficient (Wildman–Crippen LogP) is 6.03. The van der Waals surface area contributed by atoms with E-state index in [4.69, 9.17) is 0 Å². The molecule has 1 aromatic rings. The number of phenols is 2. The highest BCUT2D eigenvalue weighted by Crippen LogP contribution is 2.41. The van der Waals surface area contributed by atoms with Gasteiger partial charge in [-0.15, -0.1) is 0 Å². The number of phenolic OH excluding ortho intramolecular Hbond substituents is 2. The summed E-state index contributed by atoms with van der Waals surface area (Å²) in [4.78, 5) is 0. The SMILES string of the molecule is CCCCCC[Si](C)(C)c1cc(O)c(C2CCCCCC2)c(O)c1. The minimum Gasteiger partial charge on any atom is -0.508 e. The fourth-order valence-electron chi connectivity index (χ4n) is 4.14. The quantitative estimate of drug-likeness (QED) is 0.359. The van der Waals surface area contributed by atoms with E-state index in [1.165, 1.54) is 62.6 Å². The van der Waals surface area contributed by atoms with E-state index in [0.717, 1.165) is 18.4 Å². The Labute approximate surface area is 149 Å². The molecular weight excluding hydrogens is 312 g/mol. The van der Waals surface area contributed by atoms with Crippen LogP contribution in [0.4, 0.5) is 0 Å². The summed E-state index contributed by atoms with van der Waals surface area (Å²) in [7, 11) is -1.59. The predicted molar refractivity (Wildman–Crippen MR) is 106 cm³/mol. The van der Waals surface area contributed by atoms with Gasteiger partial charge in [0.2, 0.25) is 0 Å². The topological polar surface area (TPSA) is 40.5 Å². The zero-order chi connectivity index (χ0) is 17.6. The Morgan fingerprint density at radius 1 is 0.917 bits per heavy atom. The van der Waals surface area contributed by atoms with Crippen molar-refractivity contribution in [2.24, 2.45) is 0 Å². The zero-order valence-corrected chi connectivity index (χ0v) is 16.9. The van der Waals surface area contributed by atoms with Gasteiger partial charge in [-0.2, -0.15) is 0 Å². The molecule has 3 heteroatoms. The van der Waals surface area contributed by atoms with Crippen LogP contribution in [0, 0.1) is 0 Å². The second kappa shape index (κ2) is 8.94. The van der Waals surface area contributed by atoms with Crippen molar-refractivity contribution in [3.63, 3.8) is 0 Å². The molecule has 0 aliphatic heterocycles. The molecule has 0 amide bonds. The van der Waals surface area contributed by atoms with Crippen molar-refractivity contribution in [1.82, 2.24) is 0 Å². The summed E-state index contributed by atoms with van der Waals surface area (Å²) in [6.45, 7) is 6.96.